The third kappa shape index (κ3) is 5.19. The number of thiophene rings is 1. The number of nitrogens with one attached hydrogen (secondary N) is 1. The molecule has 0 bridgehead atoms. The molecule has 2 N–H and O–H groups in total. The van der Waals surface area contributed by atoms with E-state index in [2.05, 4.69) is 5.32 Å². The van der Waals surface area contributed by atoms with Crippen LogP contribution in [0.2, 0.25) is 0 Å². The zero-order valence-electron chi connectivity index (χ0n) is 9.67. The van der Waals surface area contributed by atoms with Gasteiger partial charge in [0.05, 0.1) is 4.88 Å². The fourth-order valence-corrected chi connectivity index (χ4v) is 1.96. The van der Waals surface area contributed by atoms with E-state index in [0.717, 1.165) is 0 Å². The molecule has 1 atom stereocenters. The van der Waals surface area contributed by atoms with E-state index in [-0.39, 0.29) is 24.2 Å². The zero-order chi connectivity index (χ0) is 12.1. The van der Waals surface area contributed by atoms with E-state index in [9.17, 15) is 9.59 Å². The maximum absolute atomic E-state index is 11.6. The van der Waals surface area contributed by atoms with Gasteiger partial charge in [0.15, 0.2) is 0 Å². The predicted octanol–water partition coefficient (Wildman–Crippen LogP) is 2.40. The average Bonchev–Trinajstić information content (AvgIpc) is 2.68. The Bertz CT molecular complexity index is 365. The molecule has 0 aliphatic heterocycles. The fraction of sp³-hybridized carbons (Fsp3) is 0.455. The lowest BCUT2D eigenvalue weighted by Gasteiger charge is -2.15. The molecule has 0 unspecified atom stereocenters. The van der Waals surface area contributed by atoms with Gasteiger partial charge in [-0.2, -0.15) is 0 Å². The summed E-state index contributed by atoms with van der Waals surface area (Å²) in [6.45, 7) is 3.85. The molecule has 0 saturated heterocycles. The van der Waals surface area contributed by atoms with Gasteiger partial charge in [0.1, 0.15) is 6.04 Å². The minimum Gasteiger partial charge on any atom is -0.480 e. The topological polar surface area (TPSA) is 66.4 Å². The van der Waals surface area contributed by atoms with E-state index < -0.39 is 12.0 Å². The smallest absolute Gasteiger partial charge is 0.326 e. The van der Waals surface area contributed by atoms with Crippen LogP contribution in [0.25, 0.3) is 0 Å². The summed E-state index contributed by atoms with van der Waals surface area (Å²) in [5, 5.41) is 13.3. The van der Waals surface area contributed by atoms with Crippen LogP contribution in [0, 0.1) is 5.92 Å². The maximum Gasteiger partial charge on any atom is 0.326 e. The summed E-state index contributed by atoms with van der Waals surface area (Å²) in [7, 11) is 0. The van der Waals surface area contributed by atoms with Gasteiger partial charge in [-0.15, -0.1) is 23.7 Å². The number of aliphatic carboxylic acids is 1. The second kappa shape index (κ2) is 7.29. The molecular weight excluding hydrogens is 262 g/mol. The highest BCUT2D eigenvalue weighted by molar-refractivity contribution is 7.12. The number of carboxylic acids is 1. The first kappa shape index (κ1) is 15.9. The summed E-state index contributed by atoms with van der Waals surface area (Å²) in [6, 6.07) is 2.63. The number of hydrogen-bond donors (Lipinski definition) is 2. The van der Waals surface area contributed by atoms with E-state index in [4.69, 9.17) is 5.11 Å². The second-order valence-corrected chi connectivity index (χ2v) is 4.92. The summed E-state index contributed by atoms with van der Waals surface area (Å²) >= 11 is 1.30. The third-order valence-corrected chi connectivity index (χ3v) is 2.92. The first-order valence-corrected chi connectivity index (χ1v) is 5.96. The van der Waals surface area contributed by atoms with Crippen molar-refractivity contribution in [2.24, 2.45) is 5.92 Å². The minimum atomic E-state index is -0.987. The van der Waals surface area contributed by atoms with Gasteiger partial charge >= 0.3 is 5.97 Å². The largest absolute Gasteiger partial charge is 0.480 e. The van der Waals surface area contributed by atoms with Crippen molar-refractivity contribution in [1.82, 2.24) is 5.32 Å². The van der Waals surface area contributed by atoms with Crippen LogP contribution in [0.1, 0.15) is 29.9 Å². The minimum absolute atomic E-state index is 0. The first-order valence-electron chi connectivity index (χ1n) is 5.08. The number of carbonyl (C=O) groups excluding carboxylic acids is 1. The lowest BCUT2D eigenvalue weighted by molar-refractivity contribution is -0.139. The van der Waals surface area contributed by atoms with Gasteiger partial charge in [-0.25, -0.2) is 4.79 Å². The standard InChI is InChI=1S/C11H15NO3S.ClH/c1-7(2)6-8(11(14)15)12-10(13)9-4-3-5-16-9;/h3-5,7-8H,6H2,1-2H3,(H,12,13)(H,14,15);1H/t8-;/m0./s1. The molecule has 1 amide bonds. The van der Waals surface area contributed by atoms with E-state index in [1.807, 2.05) is 13.8 Å². The predicted molar refractivity (Wildman–Crippen MR) is 69.9 cm³/mol. The molecule has 0 fully saturated rings. The number of carboxylic acid groups (broad SMARTS) is 1. The summed E-state index contributed by atoms with van der Waals surface area (Å²) in [4.78, 5) is 23.1. The lowest BCUT2D eigenvalue weighted by atomic mass is 10.0. The molecule has 1 aromatic heterocycles. The summed E-state index contributed by atoms with van der Waals surface area (Å²) in [6.07, 6.45) is 0.437. The number of carbonyl (C=O) groups is 2. The highest BCUT2D eigenvalue weighted by atomic mass is 35.5. The molecule has 0 radical (unpaired) electrons. The van der Waals surface area contributed by atoms with Crippen LogP contribution in [0.4, 0.5) is 0 Å². The van der Waals surface area contributed by atoms with Gasteiger partial charge in [-0.05, 0) is 23.8 Å². The number of amides is 1. The van der Waals surface area contributed by atoms with Crippen molar-refractivity contribution in [2.45, 2.75) is 26.3 Å². The van der Waals surface area contributed by atoms with Crippen LogP contribution in [0.5, 0.6) is 0 Å². The molecule has 0 aromatic carbocycles. The summed E-state index contributed by atoms with van der Waals surface area (Å²) < 4.78 is 0. The van der Waals surface area contributed by atoms with Crippen LogP contribution in [-0.2, 0) is 4.79 Å². The summed E-state index contributed by atoms with van der Waals surface area (Å²) in [5.41, 5.74) is 0. The Morgan fingerprint density at radius 3 is 2.53 bits per heavy atom. The van der Waals surface area contributed by atoms with Gasteiger partial charge in [-0.1, -0.05) is 19.9 Å². The van der Waals surface area contributed by atoms with Crippen LogP contribution < -0.4 is 5.32 Å². The van der Waals surface area contributed by atoms with E-state index in [0.29, 0.717) is 11.3 Å². The lowest BCUT2D eigenvalue weighted by Crippen LogP contribution is -2.41. The fourth-order valence-electron chi connectivity index (χ4n) is 1.33. The Labute approximate surface area is 110 Å². The van der Waals surface area contributed by atoms with Crippen molar-refractivity contribution >= 4 is 35.6 Å². The number of rotatable bonds is 5. The van der Waals surface area contributed by atoms with Crippen LogP contribution >= 0.6 is 23.7 Å². The molecule has 0 aliphatic rings. The van der Waals surface area contributed by atoms with Crippen molar-refractivity contribution in [1.29, 1.82) is 0 Å². The Morgan fingerprint density at radius 1 is 1.47 bits per heavy atom. The highest BCUT2D eigenvalue weighted by Crippen LogP contribution is 2.10. The van der Waals surface area contributed by atoms with Gasteiger partial charge in [0.25, 0.3) is 5.91 Å². The molecule has 0 saturated carbocycles. The Balaban J connectivity index is 0.00000256. The van der Waals surface area contributed by atoms with E-state index in [1.165, 1.54) is 11.3 Å². The Morgan fingerprint density at radius 2 is 2.12 bits per heavy atom. The maximum atomic E-state index is 11.6. The number of halogens is 1. The van der Waals surface area contributed by atoms with Crippen LogP contribution in [-0.4, -0.2) is 23.0 Å². The van der Waals surface area contributed by atoms with Crippen molar-refractivity contribution in [2.75, 3.05) is 0 Å². The normalized spacial score (nSPS) is 11.7. The summed E-state index contributed by atoms with van der Waals surface area (Å²) in [5.74, 6) is -1.08. The number of hydrogen-bond acceptors (Lipinski definition) is 3. The molecule has 96 valence electrons. The van der Waals surface area contributed by atoms with Crippen molar-refractivity contribution in [3.63, 3.8) is 0 Å². The van der Waals surface area contributed by atoms with Gasteiger partial charge < -0.3 is 10.4 Å². The van der Waals surface area contributed by atoms with Gasteiger partial charge in [0.2, 0.25) is 0 Å². The third-order valence-electron chi connectivity index (χ3n) is 2.06. The Kier molecular flexibility index (Phi) is 6.83. The molecule has 0 spiro atoms. The molecular formula is C11H16ClNO3S. The SMILES string of the molecule is CC(C)C[C@H](NC(=O)c1cccs1)C(=O)O.Cl. The molecule has 4 nitrogen and oxygen atoms in total. The zero-order valence-corrected chi connectivity index (χ0v) is 11.3. The van der Waals surface area contributed by atoms with E-state index >= 15 is 0 Å². The van der Waals surface area contributed by atoms with E-state index in [1.54, 1.807) is 17.5 Å². The Hall–Kier alpha value is -1.07. The van der Waals surface area contributed by atoms with Gasteiger partial charge in [0, 0.05) is 0 Å². The molecule has 1 aromatic rings. The molecule has 17 heavy (non-hydrogen) atoms. The van der Waals surface area contributed by atoms with Crippen LogP contribution in [0.15, 0.2) is 17.5 Å². The molecule has 1 heterocycles. The molecule has 1 rings (SSSR count). The monoisotopic (exact) mass is 277 g/mol. The molecule has 0 aliphatic carbocycles. The first-order chi connectivity index (χ1) is 7.50. The average molecular weight is 278 g/mol. The molecule has 6 heteroatoms. The highest BCUT2D eigenvalue weighted by Gasteiger charge is 2.21. The van der Waals surface area contributed by atoms with Crippen molar-refractivity contribution in [3.05, 3.63) is 22.4 Å². The van der Waals surface area contributed by atoms with Crippen molar-refractivity contribution in [3.8, 4) is 0 Å². The van der Waals surface area contributed by atoms with Gasteiger partial charge in [-0.3, -0.25) is 4.79 Å². The van der Waals surface area contributed by atoms with Crippen molar-refractivity contribution < 1.29 is 14.7 Å². The second-order valence-electron chi connectivity index (χ2n) is 3.97. The quantitative estimate of drug-likeness (QED) is 0.868. The van der Waals surface area contributed by atoms with Crippen LogP contribution in [0.3, 0.4) is 0 Å².